The summed E-state index contributed by atoms with van der Waals surface area (Å²) in [7, 11) is 1.92. The van der Waals surface area contributed by atoms with Gasteiger partial charge in [-0.2, -0.15) is 0 Å². The predicted molar refractivity (Wildman–Crippen MR) is 177 cm³/mol. The van der Waals surface area contributed by atoms with E-state index in [2.05, 4.69) is 23.2 Å². The van der Waals surface area contributed by atoms with E-state index in [4.69, 9.17) is 9.47 Å². The summed E-state index contributed by atoms with van der Waals surface area (Å²) >= 11 is 1.60. The maximum Gasteiger partial charge on any atom is 0.261 e. The monoisotopic (exact) mass is 646 g/mol. The molecule has 47 heavy (non-hydrogen) atoms. The van der Waals surface area contributed by atoms with Crippen LogP contribution >= 0.6 is 11.8 Å². The van der Waals surface area contributed by atoms with Crippen LogP contribution in [0.15, 0.2) is 109 Å². The number of hydrogen-bond acceptors (Lipinski definition) is 8. The molecule has 0 bridgehead atoms. The van der Waals surface area contributed by atoms with Gasteiger partial charge in [0.1, 0.15) is 6.33 Å². The summed E-state index contributed by atoms with van der Waals surface area (Å²) in [5.41, 5.74) is 6.41. The minimum absolute atomic E-state index is 0.0175. The average Bonchev–Trinajstić information content (AvgIpc) is 3.63. The summed E-state index contributed by atoms with van der Waals surface area (Å²) in [5.74, 6) is 0.157. The van der Waals surface area contributed by atoms with E-state index in [1.165, 1.54) is 4.90 Å². The average molecular weight is 647 g/mol. The van der Waals surface area contributed by atoms with E-state index >= 15 is 0 Å². The molecule has 7 rings (SSSR count). The van der Waals surface area contributed by atoms with E-state index in [0.29, 0.717) is 16.9 Å². The van der Waals surface area contributed by atoms with Gasteiger partial charge >= 0.3 is 0 Å². The molecule has 0 spiro atoms. The van der Waals surface area contributed by atoms with Crippen LogP contribution in [0.5, 0.6) is 0 Å². The highest BCUT2D eigenvalue weighted by Gasteiger charge is 2.39. The predicted octanol–water partition coefficient (Wildman–Crippen LogP) is 6.35. The van der Waals surface area contributed by atoms with Crippen molar-refractivity contribution < 1.29 is 24.2 Å². The minimum atomic E-state index is -0.625. The van der Waals surface area contributed by atoms with E-state index in [-0.39, 0.29) is 43.1 Å². The summed E-state index contributed by atoms with van der Waals surface area (Å²) in [4.78, 5) is 27.3. The number of aliphatic hydroxyl groups is 1. The van der Waals surface area contributed by atoms with Gasteiger partial charge in [0.2, 0.25) is 0 Å². The number of hydrogen-bond donors (Lipinski definition) is 1. The third kappa shape index (κ3) is 6.25. The van der Waals surface area contributed by atoms with Crippen LogP contribution in [0.1, 0.15) is 62.3 Å². The molecule has 1 aromatic heterocycles. The van der Waals surface area contributed by atoms with Gasteiger partial charge in [-0.3, -0.25) is 14.5 Å². The van der Waals surface area contributed by atoms with Gasteiger partial charge < -0.3 is 19.1 Å². The number of fused-ring (bicyclic) bond motifs is 1. The SMILES string of the molecule is C[C@@H]1[C@H](CSc2nncn2C)O[C@H](c2cccc(-c3cccc(CN4C(=O)c5ccccc5C4=O)c3)c2)O[C@@H]1c1ccc(CO)cc1. The summed E-state index contributed by atoms with van der Waals surface area (Å²) in [6, 6.07) is 30.8. The first-order chi connectivity index (χ1) is 22.9. The number of thioether (sulfide) groups is 1. The van der Waals surface area contributed by atoms with Gasteiger partial charge in [-0.25, -0.2) is 0 Å². The number of rotatable bonds is 9. The maximum absolute atomic E-state index is 13.0. The molecule has 0 aliphatic carbocycles. The zero-order valence-electron chi connectivity index (χ0n) is 26.0. The van der Waals surface area contributed by atoms with E-state index < -0.39 is 6.29 Å². The van der Waals surface area contributed by atoms with Crippen LogP contribution in [0, 0.1) is 5.92 Å². The van der Waals surface area contributed by atoms with Gasteiger partial charge in [0.25, 0.3) is 11.8 Å². The van der Waals surface area contributed by atoms with Crippen molar-refractivity contribution in [2.75, 3.05) is 5.75 Å². The number of aromatic nitrogens is 3. The van der Waals surface area contributed by atoms with E-state index in [1.54, 1.807) is 42.4 Å². The molecular formula is C37H34N4O5S. The minimum Gasteiger partial charge on any atom is -0.392 e. The fraction of sp³-hybridized carbons (Fsp3) is 0.243. The molecule has 9 nitrogen and oxygen atoms in total. The molecular weight excluding hydrogens is 612 g/mol. The number of carbonyl (C=O) groups is 2. The van der Waals surface area contributed by atoms with Crippen LogP contribution < -0.4 is 0 Å². The van der Waals surface area contributed by atoms with Gasteiger partial charge in [0, 0.05) is 24.3 Å². The quantitative estimate of drug-likeness (QED) is 0.146. The standard InChI is InChI=1S/C37H34N4O5S/c1-23-32(21-47-37-39-38-22-40(37)2)45-36(46-33(23)26-15-13-24(20-42)14-16-26)29-10-6-9-28(18-29)27-8-5-7-25(17-27)19-41-34(43)30-11-3-4-12-31(30)35(41)44/h3-18,22-23,32-33,36,42H,19-21H2,1-2H3/t23-,32+,33+,36+/m1/s1. The molecule has 10 heteroatoms. The van der Waals surface area contributed by atoms with Crippen molar-refractivity contribution in [3.05, 3.63) is 137 Å². The van der Waals surface area contributed by atoms with Crippen LogP contribution in [0.2, 0.25) is 0 Å². The lowest BCUT2D eigenvalue weighted by molar-refractivity contribution is -0.268. The Morgan fingerprint density at radius 1 is 0.809 bits per heavy atom. The molecule has 4 aromatic carbocycles. The lowest BCUT2D eigenvalue weighted by Gasteiger charge is -2.41. The highest BCUT2D eigenvalue weighted by molar-refractivity contribution is 7.99. The van der Waals surface area contributed by atoms with Crippen LogP contribution in [0.25, 0.3) is 11.1 Å². The van der Waals surface area contributed by atoms with Crippen LogP contribution in [-0.4, -0.2) is 48.4 Å². The third-order valence-electron chi connectivity index (χ3n) is 8.81. The fourth-order valence-electron chi connectivity index (χ4n) is 6.15. The molecule has 0 saturated carbocycles. The number of aryl methyl sites for hydroxylation is 1. The van der Waals surface area contributed by atoms with E-state index in [9.17, 15) is 14.7 Å². The number of imide groups is 1. The summed E-state index contributed by atoms with van der Waals surface area (Å²) < 4.78 is 15.2. The second-order valence-electron chi connectivity index (χ2n) is 11.9. The lowest BCUT2D eigenvalue weighted by atomic mass is 9.91. The van der Waals surface area contributed by atoms with Gasteiger partial charge in [-0.15, -0.1) is 10.2 Å². The Labute approximate surface area is 277 Å². The zero-order valence-corrected chi connectivity index (χ0v) is 26.8. The van der Waals surface area contributed by atoms with Gasteiger partial charge in [0.05, 0.1) is 36.5 Å². The fourth-order valence-corrected chi connectivity index (χ4v) is 7.20. The van der Waals surface area contributed by atoms with Crippen molar-refractivity contribution in [1.82, 2.24) is 19.7 Å². The van der Waals surface area contributed by atoms with Crippen molar-refractivity contribution in [3.63, 3.8) is 0 Å². The summed E-state index contributed by atoms with van der Waals surface area (Å²) in [5, 5.41) is 18.6. The van der Waals surface area contributed by atoms with Gasteiger partial charge in [-0.1, -0.05) is 91.5 Å². The Hall–Kier alpha value is -4.61. The van der Waals surface area contributed by atoms with Crippen molar-refractivity contribution in [2.45, 2.75) is 43.7 Å². The number of benzene rings is 4. The maximum atomic E-state index is 13.0. The first-order valence-corrected chi connectivity index (χ1v) is 16.5. The van der Waals surface area contributed by atoms with Gasteiger partial charge in [0.15, 0.2) is 11.4 Å². The first-order valence-electron chi connectivity index (χ1n) is 15.5. The van der Waals surface area contributed by atoms with E-state index in [1.807, 2.05) is 78.3 Å². The number of carbonyl (C=O) groups excluding carboxylic acids is 2. The van der Waals surface area contributed by atoms with Crippen molar-refractivity contribution in [3.8, 4) is 11.1 Å². The Balaban J connectivity index is 1.14. The Morgan fingerprint density at radius 3 is 2.19 bits per heavy atom. The Kier molecular flexibility index (Phi) is 8.74. The Bertz CT molecular complexity index is 1890. The second-order valence-corrected chi connectivity index (χ2v) is 12.9. The van der Waals surface area contributed by atoms with Crippen molar-refractivity contribution in [1.29, 1.82) is 0 Å². The van der Waals surface area contributed by atoms with Crippen LogP contribution in [-0.2, 0) is 29.7 Å². The van der Waals surface area contributed by atoms with Gasteiger partial charge in [-0.05, 0) is 52.1 Å². The van der Waals surface area contributed by atoms with Crippen molar-refractivity contribution in [2.24, 2.45) is 13.0 Å². The summed E-state index contributed by atoms with van der Waals surface area (Å²) in [6.07, 6.45) is 0.675. The molecule has 2 amide bonds. The molecule has 0 radical (unpaired) electrons. The van der Waals surface area contributed by atoms with Crippen molar-refractivity contribution >= 4 is 23.6 Å². The number of amides is 2. The number of aliphatic hydroxyl groups excluding tert-OH is 1. The van der Waals surface area contributed by atoms with E-state index in [0.717, 1.165) is 38.5 Å². The molecule has 4 atom stereocenters. The van der Waals surface area contributed by atoms with Crippen LogP contribution in [0.3, 0.4) is 0 Å². The zero-order chi connectivity index (χ0) is 32.5. The molecule has 1 fully saturated rings. The lowest BCUT2D eigenvalue weighted by Crippen LogP contribution is -2.38. The number of nitrogens with zero attached hydrogens (tertiary/aromatic N) is 4. The molecule has 238 valence electrons. The smallest absolute Gasteiger partial charge is 0.261 e. The molecule has 2 aliphatic rings. The molecule has 0 unspecified atom stereocenters. The highest BCUT2D eigenvalue weighted by atomic mass is 32.2. The summed E-state index contributed by atoms with van der Waals surface area (Å²) in [6.45, 7) is 2.31. The molecule has 1 saturated heterocycles. The third-order valence-corrected chi connectivity index (χ3v) is 9.93. The van der Waals surface area contributed by atoms with Crippen LogP contribution in [0.4, 0.5) is 0 Å². The normalized spacial score (nSPS) is 20.9. The second kappa shape index (κ2) is 13.2. The molecule has 1 N–H and O–H groups in total. The molecule has 2 aliphatic heterocycles. The topological polar surface area (TPSA) is 107 Å². The number of ether oxygens (including phenoxy) is 2. The highest BCUT2D eigenvalue weighted by Crippen LogP contribution is 2.43. The molecule has 3 heterocycles. The Morgan fingerprint density at radius 2 is 1.51 bits per heavy atom. The molecule has 5 aromatic rings. The first kappa shape index (κ1) is 31.0. The largest absolute Gasteiger partial charge is 0.392 e.